The molecule has 1 N–H and O–H groups in total. The largest absolute Gasteiger partial charge is 0.598 e. The SMILES string of the molecule is COCN[S+]([O-])C(C)(C)C. The first-order valence-corrected chi connectivity index (χ1v) is 4.28. The number of nitrogens with one attached hydrogen (secondary N) is 1. The van der Waals surface area contributed by atoms with Crippen molar-refractivity contribution in [3.8, 4) is 0 Å². The Bertz CT molecular complexity index is 92.2. The minimum absolute atomic E-state index is 0.210. The Balaban J connectivity index is 3.52. The molecule has 0 radical (unpaired) electrons. The van der Waals surface area contributed by atoms with E-state index in [4.69, 9.17) is 4.74 Å². The van der Waals surface area contributed by atoms with Crippen LogP contribution >= 0.6 is 0 Å². The van der Waals surface area contributed by atoms with Gasteiger partial charge in [0, 0.05) is 18.5 Å². The van der Waals surface area contributed by atoms with E-state index in [2.05, 4.69) is 4.72 Å². The molecule has 10 heavy (non-hydrogen) atoms. The van der Waals surface area contributed by atoms with Crippen LogP contribution in [-0.2, 0) is 16.1 Å². The smallest absolute Gasteiger partial charge is 0.139 e. The van der Waals surface area contributed by atoms with Gasteiger partial charge in [0.2, 0.25) is 0 Å². The van der Waals surface area contributed by atoms with Crippen LogP contribution in [0.2, 0.25) is 0 Å². The van der Waals surface area contributed by atoms with Crippen LogP contribution < -0.4 is 4.72 Å². The molecule has 1 unspecified atom stereocenters. The Morgan fingerprint density at radius 2 is 2.00 bits per heavy atom. The molecule has 1 atom stereocenters. The van der Waals surface area contributed by atoms with Crippen LogP contribution in [0.25, 0.3) is 0 Å². The maximum Gasteiger partial charge on any atom is 0.139 e. The molecule has 0 saturated carbocycles. The monoisotopic (exact) mass is 165 g/mol. The van der Waals surface area contributed by atoms with Crippen LogP contribution in [0.5, 0.6) is 0 Å². The molecule has 62 valence electrons. The van der Waals surface area contributed by atoms with E-state index in [0.717, 1.165) is 0 Å². The summed E-state index contributed by atoms with van der Waals surface area (Å²) in [6.45, 7) is 6.06. The van der Waals surface area contributed by atoms with Gasteiger partial charge in [-0.1, -0.05) is 0 Å². The van der Waals surface area contributed by atoms with E-state index in [9.17, 15) is 4.55 Å². The molecule has 0 heterocycles. The van der Waals surface area contributed by atoms with Gasteiger partial charge in [-0.05, 0) is 20.8 Å². The molecule has 0 aromatic heterocycles. The molecular weight excluding hydrogens is 150 g/mol. The Labute approximate surface area is 65.5 Å². The zero-order chi connectivity index (χ0) is 8.20. The van der Waals surface area contributed by atoms with Gasteiger partial charge >= 0.3 is 0 Å². The molecule has 3 nitrogen and oxygen atoms in total. The van der Waals surface area contributed by atoms with E-state index in [-0.39, 0.29) is 4.75 Å². The van der Waals surface area contributed by atoms with Crippen LogP contribution in [0.15, 0.2) is 0 Å². The van der Waals surface area contributed by atoms with Gasteiger partial charge < -0.3 is 9.29 Å². The second kappa shape index (κ2) is 4.18. The fourth-order valence-electron chi connectivity index (χ4n) is 0.329. The average molecular weight is 165 g/mol. The zero-order valence-electron chi connectivity index (χ0n) is 6.93. The van der Waals surface area contributed by atoms with Crippen LogP contribution in [-0.4, -0.2) is 23.1 Å². The minimum Gasteiger partial charge on any atom is -0.598 e. The number of rotatable bonds is 3. The summed E-state index contributed by atoms with van der Waals surface area (Å²) in [6.07, 6.45) is 0. The Hall–Kier alpha value is 0.230. The third-order valence-electron chi connectivity index (χ3n) is 0.891. The molecule has 0 saturated heterocycles. The Kier molecular flexibility index (Phi) is 4.28. The van der Waals surface area contributed by atoms with Crippen LogP contribution in [0.3, 0.4) is 0 Å². The molecule has 0 spiro atoms. The van der Waals surface area contributed by atoms with E-state index < -0.39 is 11.4 Å². The summed E-state index contributed by atoms with van der Waals surface area (Å²) >= 11 is -1.01. The first-order valence-electron chi connectivity index (χ1n) is 3.13. The first kappa shape index (κ1) is 10.2. The second-order valence-corrected chi connectivity index (χ2v) is 5.01. The highest BCUT2D eigenvalue weighted by Crippen LogP contribution is 2.12. The lowest BCUT2D eigenvalue weighted by atomic mass is 10.3. The second-order valence-electron chi connectivity index (χ2n) is 2.96. The van der Waals surface area contributed by atoms with Gasteiger partial charge in [-0.25, -0.2) is 0 Å². The topological polar surface area (TPSA) is 44.3 Å². The van der Waals surface area contributed by atoms with Gasteiger partial charge in [-0.15, -0.1) is 4.72 Å². The predicted molar refractivity (Wildman–Crippen MR) is 42.9 cm³/mol. The van der Waals surface area contributed by atoms with Crippen molar-refractivity contribution in [3.63, 3.8) is 0 Å². The van der Waals surface area contributed by atoms with Crippen LogP contribution in [0, 0.1) is 0 Å². The Morgan fingerprint density at radius 3 is 2.30 bits per heavy atom. The van der Waals surface area contributed by atoms with E-state index in [1.807, 2.05) is 20.8 Å². The standard InChI is InChI=1S/C6H15NO2S/c1-6(2,3)10(8)7-5-9-4/h7H,5H2,1-4H3. The number of ether oxygens (including phenoxy) is 1. The third-order valence-corrected chi connectivity index (χ3v) is 2.38. The van der Waals surface area contributed by atoms with Gasteiger partial charge in [0.15, 0.2) is 0 Å². The molecule has 0 aliphatic rings. The van der Waals surface area contributed by atoms with Crippen molar-refractivity contribution < 1.29 is 9.29 Å². The number of hydrogen-bond donors (Lipinski definition) is 1. The first-order chi connectivity index (χ1) is 4.48. The molecule has 0 aromatic carbocycles. The Morgan fingerprint density at radius 1 is 1.50 bits per heavy atom. The van der Waals surface area contributed by atoms with Gasteiger partial charge in [-0.2, -0.15) is 0 Å². The number of hydrogen-bond acceptors (Lipinski definition) is 3. The molecule has 4 heteroatoms. The normalized spacial score (nSPS) is 15.3. The van der Waals surface area contributed by atoms with E-state index in [0.29, 0.717) is 6.73 Å². The highest BCUT2D eigenvalue weighted by Gasteiger charge is 2.25. The molecule has 0 aliphatic carbocycles. The molecule has 0 bridgehead atoms. The van der Waals surface area contributed by atoms with Crippen molar-refractivity contribution in [2.24, 2.45) is 0 Å². The summed E-state index contributed by atoms with van der Waals surface area (Å²) in [5.74, 6) is 0. The van der Waals surface area contributed by atoms with Crippen molar-refractivity contribution in [1.82, 2.24) is 4.72 Å². The molecule has 0 amide bonds. The van der Waals surface area contributed by atoms with E-state index in [1.54, 1.807) is 7.11 Å². The molecule has 0 aliphatic heterocycles. The van der Waals surface area contributed by atoms with Crippen molar-refractivity contribution in [2.75, 3.05) is 13.8 Å². The lowest BCUT2D eigenvalue weighted by molar-refractivity contribution is 0.193. The van der Waals surface area contributed by atoms with E-state index in [1.165, 1.54) is 0 Å². The van der Waals surface area contributed by atoms with Crippen molar-refractivity contribution in [1.29, 1.82) is 0 Å². The van der Waals surface area contributed by atoms with Gasteiger partial charge in [0.1, 0.15) is 11.5 Å². The maximum absolute atomic E-state index is 11.1. The summed E-state index contributed by atoms with van der Waals surface area (Å²) in [5.41, 5.74) is 0. The summed E-state index contributed by atoms with van der Waals surface area (Å²) in [7, 11) is 1.56. The zero-order valence-corrected chi connectivity index (χ0v) is 7.75. The lowest BCUT2D eigenvalue weighted by Gasteiger charge is -2.22. The lowest BCUT2D eigenvalue weighted by Crippen LogP contribution is -2.40. The minimum atomic E-state index is -1.01. The van der Waals surface area contributed by atoms with Crippen molar-refractivity contribution in [3.05, 3.63) is 0 Å². The highest BCUT2D eigenvalue weighted by atomic mass is 32.2. The van der Waals surface area contributed by atoms with Gasteiger partial charge in [-0.3, -0.25) is 0 Å². The quantitative estimate of drug-likeness (QED) is 0.493. The summed E-state index contributed by atoms with van der Waals surface area (Å²) in [6, 6.07) is 0. The molecule has 0 aromatic rings. The fraction of sp³-hybridized carbons (Fsp3) is 1.00. The maximum atomic E-state index is 11.1. The molecular formula is C6H15NO2S. The van der Waals surface area contributed by atoms with Gasteiger partial charge in [0.25, 0.3) is 0 Å². The van der Waals surface area contributed by atoms with Crippen LogP contribution in [0.4, 0.5) is 0 Å². The summed E-state index contributed by atoms with van der Waals surface area (Å²) < 4.78 is 18.4. The highest BCUT2D eigenvalue weighted by molar-refractivity contribution is 7.90. The van der Waals surface area contributed by atoms with Crippen molar-refractivity contribution >= 4 is 11.4 Å². The van der Waals surface area contributed by atoms with Crippen molar-refractivity contribution in [2.45, 2.75) is 25.5 Å². The molecule has 0 rings (SSSR count). The summed E-state index contributed by atoms with van der Waals surface area (Å²) in [5, 5.41) is 0. The average Bonchev–Trinajstić information content (AvgIpc) is 1.80. The fourth-order valence-corrected chi connectivity index (χ4v) is 0.987. The summed E-state index contributed by atoms with van der Waals surface area (Å²) in [4.78, 5) is 0. The number of methoxy groups -OCH3 is 1. The van der Waals surface area contributed by atoms with E-state index >= 15 is 0 Å². The van der Waals surface area contributed by atoms with Gasteiger partial charge in [0.05, 0.1) is 0 Å². The molecule has 0 fully saturated rings. The van der Waals surface area contributed by atoms with Crippen LogP contribution in [0.1, 0.15) is 20.8 Å². The predicted octanol–water partition coefficient (Wildman–Crippen LogP) is 0.642. The third kappa shape index (κ3) is 4.11.